The first-order chi connectivity index (χ1) is 17.2. The minimum Gasteiger partial charge on any atom is -0.272 e. The van der Waals surface area contributed by atoms with Crippen LogP contribution < -0.4 is 5.43 Å². The molecule has 4 rings (SSSR count). The zero-order valence-electron chi connectivity index (χ0n) is 18.8. The van der Waals surface area contributed by atoms with E-state index in [-0.39, 0.29) is 11.3 Å². The van der Waals surface area contributed by atoms with E-state index >= 15 is 0 Å². The summed E-state index contributed by atoms with van der Waals surface area (Å²) >= 11 is 7.16. The van der Waals surface area contributed by atoms with Crippen molar-refractivity contribution < 1.29 is 18.0 Å². The molecule has 1 heterocycles. The monoisotopic (exact) mass is 529 g/mol. The van der Waals surface area contributed by atoms with Crippen molar-refractivity contribution in [3.05, 3.63) is 94.5 Å². The van der Waals surface area contributed by atoms with E-state index in [1.807, 2.05) is 47.9 Å². The molecule has 6 nitrogen and oxygen atoms in total. The van der Waals surface area contributed by atoms with Crippen LogP contribution in [0.25, 0.3) is 17.1 Å². The summed E-state index contributed by atoms with van der Waals surface area (Å²) < 4.78 is 41.1. The molecule has 11 heteroatoms. The van der Waals surface area contributed by atoms with E-state index < -0.39 is 17.6 Å². The Balaban J connectivity index is 1.51. The number of hydrogen-bond donors (Lipinski definition) is 1. The average Bonchev–Trinajstić information content (AvgIpc) is 3.27. The maximum Gasteiger partial charge on any atom is 0.417 e. The molecule has 36 heavy (non-hydrogen) atoms. The van der Waals surface area contributed by atoms with Gasteiger partial charge in [0.05, 0.1) is 17.5 Å². The Morgan fingerprint density at radius 1 is 1.06 bits per heavy atom. The number of amides is 1. The van der Waals surface area contributed by atoms with Crippen molar-refractivity contribution in [3.63, 3.8) is 0 Å². The zero-order valence-corrected chi connectivity index (χ0v) is 20.4. The number of rotatable bonds is 7. The number of benzene rings is 3. The number of aryl methyl sites for hydroxylation is 1. The molecule has 3 aromatic carbocycles. The number of hydrogen-bond acceptors (Lipinski definition) is 5. The Hall–Kier alpha value is -3.63. The van der Waals surface area contributed by atoms with Gasteiger partial charge in [0.1, 0.15) is 0 Å². The molecular weight excluding hydrogens is 511 g/mol. The van der Waals surface area contributed by atoms with Crippen LogP contribution >= 0.6 is 23.4 Å². The first-order valence-electron chi connectivity index (χ1n) is 10.6. The summed E-state index contributed by atoms with van der Waals surface area (Å²) in [5.74, 6) is -0.0111. The standard InChI is InChI=1S/C25H19ClF3N5OS/c1-16-6-8-17(9-7-16)23-32-33-24(34(23)20-12-10-19(26)11-13-20)36-15-22(35)31-30-14-18-4-2-3-5-21(18)25(27,28)29/h2-14H,15H2,1H3,(H,31,35). The number of nitrogens with one attached hydrogen (secondary N) is 1. The van der Waals surface area contributed by atoms with Crippen LogP contribution in [0.4, 0.5) is 13.2 Å². The Morgan fingerprint density at radius 3 is 2.44 bits per heavy atom. The molecule has 0 bridgehead atoms. The van der Waals surface area contributed by atoms with Gasteiger partial charge in [-0.25, -0.2) is 5.43 Å². The number of nitrogens with zero attached hydrogens (tertiary/aromatic N) is 4. The van der Waals surface area contributed by atoms with Gasteiger partial charge in [-0.1, -0.05) is 71.4 Å². The minimum absolute atomic E-state index is 0.0854. The fourth-order valence-corrected chi connectivity index (χ4v) is 4.15. The van der Waals surface area contributed by atoms with Gasteiger partial charge in [0.15, 0.2) is 11.0 Å². The van der Waals surface area contributed by atoms with Gasteiger partial charge in [-0.05, 0) is 37.3 Å². The molecule has 0 saturated carbocycles. The minimum atomic E-state index is -4.52. The van der Waals surface area contributed by atoms with Crippen LogP contribution in [0.3, 0.4) is 0 Å². The molecule has 4 aromatic rings. The van der Waals surface area contributed by atoms with Crippen LogP contribution in [0.2, 0.25) is 5.02 Å². The Kier molecular flexibility index (Phi) is 7.76. The number of carbonyl (C=O) groups excluding carboxylic acids is 1. The van der Waals surface area contributed by atoms with Crippen LogP contribution in [0.15, 0.2) is 83.1 Å². The van der Waals surface area contributed by atoms with Crippen molar-refractivity contribution in [3.8, 4) is 17.1 Å². The van der Waals surface area contributed by atoms with E-state index in [0.717, 1.165) is 40.9 Å². The van der Waals surface area contributed by atoms with Crippen molar-refractivity contribution in [2.45, 2.75) is 18.3 Å². The fraction of sp³-hybridized carbons (Fsp3) is 0.120. The van der Waals surface area contributed by atoms with Crippen LogP contribution in [-0.4, -0.2) is 32.6 Å². The number of thioether (sulfide) groups is 1. The molecule has 0 saturated heterocycles. The van der Waals surface area contributed by atoms with E-state index in [0.29, 0.717) is 16.0 Å². The Morgan fingerprint density at radius 2 is 1.75 bits per heavy atom. The quantitative estimate of drug-likeness (QED) is 0.177. The molecule has 0 atom stereocenters. The lowest BCUT2D eigenvalue weighted by molar-refractivity contribution is -0.137. The smallest absolute Gasteiger partial charge is 0.272 e. The third kappa shape index (κ3) is 6.13. The summed E-state index contributed by atoms with van der Waals surface area (Å²) in [5, 5.41) is 13.3. The lowest BCUT2D eigenvalue weighted by Gasteiger charge is -2.11. The summed E-state index contributed by atoms with van der Waals surface area (Å²) in [7, 11) is 0. The van der Waals surface area contributed by atoms with Crippen LogP contribution in [0, 0.1) is 6.92 Å². The molecule has 0 aliphatic heterocycles. The van der Waals surface area contributed by atoms with Gasteiger partial charge >= 0.3 is 6.18 Å². The first-order valence-corrected chi connectivity index (χ1v) is 12.0. The summed E-state index contributed by atoms with van der Waals surface area (Å²) in [4.78, 5) is 12.4. The normalized spacial score (nSPS) is 11.7. The summed E-state index contributed by atoms with van der Waals surface area (Å²) in [6.45, 7) is 1.98. The largest absolute Gasteiger partial charge is 0.417 e. The summed E-state index contributed by atoms with van der Waals surface area (Å²) in [5.41, 5.74) is 3.97. The van der Waals surface area contributed by atoms with Crippen LogP contribution in [0.5, 0.6) is 0 Å². The molecule has 1 aromatic heterocycles. The predicted molar refractivity (Wildman–Crippen MR) is 134 cm³/mol. The van der Waals surface area contributed by atoms with Gasteiger partial charge in [-0.15, -0.1) is 10.2 Å². The van der Waals surface area contributed by atoms with Crippen molar-refractivity contribution in [1.82, 2.24) is 20.2 Å². The van der Waals surface area contributed by atoms with Crippen molar-refractivity contribution in [2.24, 2.45) is 5.10 Å². The molecular formula is C25H19ClF3N5OS. The van der Waals surface area contributed by atoms with E-state index in [9.17, 15) is 18.0 Å². The van der Waals surface area contributed by atoms with Crippen LogP contribution in [-0.2, 0) is 11.0 Å². The van der Waals surface area contributed by atoms with Crippen molar-refractivity contribution in [2.75, 3.05) is 5.75 Å². The second-order valence-corrected chi connectivity index (χ2v) is 9.03. The van der Waals surface area contributed by atoms with Gasteiger partial charge in [0.25, 0.3) is 5.91 Å². The van der Waals surface area contributed by atoms with Gasteiger partial charge in [0.2, 0.25) is 0 Å². The Bertz CT molecular complexity index is 1390. The SMILES string of the molecule is Cc1ccc(-c2nnc(SCC(=O)NN=Cc3ccccc3C(F)(F)F)n2-c2ccc(Cl)cc2)cc1. The van der Waals surface area contributed by atoms with Gasteiger partial charge in [-0.2, -0.15) is 18.3 Å². The highest BCUT2D eigenvalue weighted by atomic mass is 35.5. The highest BCUT2D eigenvalue weighted by molar-refractivity contribution is 7.99. The molecule has 0 spiro atoms. The number of carbonyl (C=O) groups is 1. The van der Waals surface area contributed by atoms with E-state index in [1.165, 1.54) is 18.2 Å². The molecule has 0 fully saturated rings. The zero-order chi connectivity index (χ0) is 25.7. The second-order valence-electron chi connectivity index (χ2n) is 7.65. The lowest BCUT2D eigenvalue weighted by Crippen LogP contribution is -2.20. The maximum absolute atomic E-state index is 13.1. The van der Waals surface area contributed by atoms with Gasteiger partial charge < -0.3 is 0 Å². The highest BCUT2D eigenvalue weighted by Gasteiger charge is 2.32. The summed E-state index contributed by atoms with van der Waals surface area (Å²) in [6.07, 6.45) is -3.56. The molecule has 184 valence electrons. The van der Waals surface area contributed by atoms with Gasteiger partial charge in [0, 0.05) is 21.8 Å². The first kappa shape index (κ1) is 25.5. The molecule has 0 radical (unpaired) electrons. The average molecular weight is 530 g/mol. The number of hydrazone groups is 1. The maximum atomic E-state index is 13.1. The predicted octanol–water partition coefficient (Wildman–Crippen LogP) is 6.16. The van der Waals surface area contributed by atoms with Crippen molar-refractivity contribution in [1.29, 1.82) is 0 Å². The third-order valence-electron chi connectivity index (χ3n) is 5.02. The van der Waals surface area contributed by atoms with E-state index in [1.54, 1.807) is 12.1 Å². The van der Waals surface area contributed by atoms with Crippen molar-refractivity contribution >= 4 is 35.5 Å². The molecule has 1 amide bonds. The van der Waals surface area contributed by atoms with Gasteiger partial charge in [-0.3, -0.25) is 9.36 Å². The number of aromatic nitrogens is 3. The van der Waals surface area contributed by atoms with Crippen LogP contribution in [0.1, 0.15) is 16.7 Å². The number of alkyl halides is 3. The molecule has 1 N–H and O–H groups in total. The second kappa shape index (κ2) is 11.0. The Labute approximate surface area is 214 Å². The molecule has 0 unspecified atom stereocenters. The highest BCUT2D eigenvalue weighted by Crippen LogP contribution is 2.31. The fourth-order valence-electron chi connectivity index (χ4n) is 3.28. The summed E-state index contributed by atoms with van der Waals surface area (Å²) in [6, 6.07) is 19.9. The number of halogens is 4. The van der Waals surface area contributed by atoms with E-state index in [4.69, 9.17) is 11.6 Å². The topological polar surface area (TPSA) is 72.2 Å². The van der Waals surface area contributed by atoms with E-state index in [2.05, 4.69) is 20.7 Å². The molecule has 0 aliphatic rings. The lowest BCUT2D eigenvalue weighted by atomic mass is 10.1. The molecule has 0 aliphatic carbocycles. The third-order valence-corrected chi connectivity index (χ3v) is 6.20.